The second-order valence-electron chi connectivity index (χ2n) is 1.47. The van der Waals surface area contributed by atoms with E-state index in [-0.39, 0.29) is 35.8 Å². The van der Waals surface area contributed by atoms with Crippen LogP contribution in [0.5, 0.6) is 0 Å². The van der Waals surface area contributed by atoms with Crippen LogP contribution >= 0.6 is 24.0 Å². The summed E-state index contributed by atoms with van der Waals surface area (Å²) in [4.78, 5) is 20.2. The molecule has 0 unspecified atom stereocenters. The highest BCUT2D eigenvalue weighted by atomic mass is 127. The Morgan fingerprint density at radius 2 is 1.50 bits per heavy atom. The second-order valence-corrected chi connectivity index (χ2v) is 1.47. The first kappa shape index (κ1) is 7.87. The zero-order valence-corrected chi connectivity index (χ0v) is 6.47. The summed E-state index contributed by atoms with van der Waals surface area (Å²) >= 11 is 0. The first-order chi connectivity index (χ1) is 3.29. The van der Waals surface area contributed by atoms with Gasteiger partial charge in [-0.1, -0.05) is 0 Å². The van der Waals surface area contributed by atoms with Gasteiger partial charge in [0, 0.05) is 12.8 Å². The number of imide groups is 1. The normalized spacial score (nSPS) is 17.5. The molecule has 0 spiro atoms. The van der Waals surface area contributed by atoms with E-state index in [0.29, 0.717) is 12.8 Å². The zero-order chi connectivity index (χ0) is 5.28. The van der Waals surface area contributed by atoms with Gasteiger partial charge in [-0.3, -0.25) is 14.9 Å². The van der Waals surface area contributed by atoms with Crippen molar-refractivity contribution in [2.75, 3.05) is 0 Å². The highest BCUT2D eigenvalue weighted by molar-refractivity contribution is 14.0. The van der Waals surface area contributed by atoms with Crippen molar-refractivity contribution in [2.45, 2.75) is 12.8 Å². The first-order valence-electron chi connectivity index (χ1n) is 2.12. The second kappa shape index (κ2) is 3.01. The van der Waals surface area contributed by atoms with E-state index in [1.54, 1.807) is 0 Å². The molecule has 1 N–H and O–H groups in total. The minimum Gasteiger partial charge on any atom is -0.296 e. The van der Waals surface area contributed by atoms with Gasteiger partial charge in [0.05, 0.1) is 0 Å². The Bertz CT molecular complexity index is 109. The Balaban J connectivity index is 0.000000490. The van der Waals surface area contributed by atoms with E-state index < -0.39 is 0 Å². The molecular formula is C4H6INO2. The maximum Gasteiger partial charge on any atom is 0.227 e. The number of hydrogen-bond donors (Lipinski definition) is 1. The van der Waals surface area contributed by atoms with Gasteiger partial charge >= 0.3 is 0 Å². The summed E-state index contributed by atoms with van der Waals surface area (Å²) in [7, 11) is 0. The van der Waals surface area contributed by atoms with Gasteiger partial charge in [0.25, 0.3) is 0 Å². The zero-order valence-electron chi connectivity index (χ0n) is 4.14. The lowest BCUT2D eigenvalue weighted by molar-refractivity contribution is -0.124. The van der Waals surface area contributed by atoms with Gasteiger partial charge in [0.1, 0.15) is 0 Å². The standard InChI is InChI=1S/C4H5NO2.HI/c6-3-1-2-4(7)5-3;/h1-2H2,(H,5,6,7);1H. The molecule has 1 heterocycles. The van der Waals surface area contributed by atoms with Crippen molar-refractivity contribution in [1.82, 2.24) is 5.32 Å². The Hall–Kier alpha value is -0.130. The minimum absolute atomic E-state index is 0. The van der Waals surface area contributed by atoms with Crippen LogP contribution in [0.15, 0.2) is 0 Å². The van der Waals surface area contributed by atoms with Gasteiger partial charge in [0.15, 0.2) is 0 Å². The van der Waals surface area contributed by atoms with Crippen molar-refractivity contribution >= 4 is 35.8 Å². The SMILES string of the molecule is I.O=C1CCC(=O)N1. The molecule has 0 aromatic rings. The molecule has 1 saturated heterocycles. The fraction of sp³-hybridized carbons (Fsp3) is 0.500. The average Bonchev–Trinajstić information content (AvgIpc) is 1.87. The van der Waals surface area contributed by atoms with Crippen LogP contribution in [0.3, 0.4) is 0 Å². The van der Waals surface area contributed by atoms with Crippen LogP contribution in [0.25, 0.3) is 0 Å². The highest BCUT2D eigenvalue weighted by Gasteiger charge is 2.15. The van der Waals surface area contributed by atoms with E-state index in [4.69, 9.17) is 0 Å². The number of carbonyl (C=O) groups excluding carboxylic acids is 2. The quantitative estimate of drug-likeness (QED) is 0.469. The molecule has 0 saturated carbocycles. The molecule has 0 radical (unpaired) electrons. The summed E-state index contributed by atoms with van der Waals surface area (Å²) in [5.41, 5.74) is 0. The Morgan fingerprint density at radius 3 is 1.62 bits per heavy atom. The fourth-order valence-electron chi connectivity index (χ4n) is 0.508. The molecule has 0 aromatic carbocycles. The molecule has 0 atom stereocenters. The fourth-order valence-corrected chi connectivity index (χ4v) is 0.508. The number of nitrogens with one attached hydrogen (secondary N) is 1. The third-order valence-corrected chi connectivity index (χ3v) is 0.858. The van der Waals surface area contributed by atoms with Gasteiger partial charge in [-0.25, -0.2) is 0 Å². The largest absolute Gasteiger partial charge is 0.296 e. The van der Waals surface area contributed by atoms with Crippen molar-refractivity contribution < 1.29 is 9.59 Å². The number of rotatable bonds is 0. The molecule has 3 nitrogen and oxygen atoms in total. The van der Waals surface area contributed by atoms with E-state index in [9.17, 15) is 9.59 Å². The predicted octanol–water partition coefficient (Wildman–Crippen LogP) is 0.0410. The van der Waals surface area contributed by atoms with Crippen LogP contribution in [0, 0.1) is 0 Å². The average molecular weight is 227 g/mol. The molecule has 1 rings (SSSR count). The summed E-state index contributed by atoms with van der Waals surface area (Å²) < 4.78 is 0. The van der Waals surface area contributed by atoms with Crippen molar-refractivity contribution in [3.8, 4) is 0 Å². The summed E-state index contributed by atoms with van der Waals surface area (Å²) in [5.74, 6) is -0.296. The lowest BCUT2D eigenvalue weighted by atomic mass is 10.4. The van der Waals surface area contributed by atoms with Crippen LogP contribution in [0.2, 0.25) is 0 Å². The maximum atomic E-state index is 10.1. The van der Waals surface area contributed by atoms with Crippen molar-refractivity contribution in [3.63, 3.8) is 0 Å². The molecule has 2 amide bonds. The van der Waals surface area contributed by atoms with Gasteiger partial charge in [-0.2, -0.15) is 0 Å². The lowest BCUT2D eigenvalue weighted by Gasteiger charge is -1.79. The van der Waals surface area contributed by atoms with Crippen LogP contribution in [-0.4, -0.2) is 11.8 Å². The monoisotopic (exact) mass is 227 g/mol. The third-order valence-electron chi connectivity index (χ3n) is 0.858. The van der Waals surface area contributed by atoms with Gasteiger partial charge in [0.2, 0.25) is 11.8 Å². The summed E-state index contributed by atoms with van der Waals surface area (Å²) in [5, 5.41) is 2.14. The molecule has 4 heteroatoms. The number of halogens is 1. The molecular weight excluding hydrogens is 221 g/mol. The molecule has 1 fully saturated rings. The summed E-state index contributed by atoms with van der Waals surface area (Å²) in [6.07, 6.45) is 0.748. The van der Waals surface area contributed by atoms with Crippen LogP contribution < -0.4 is 5.32 Å². The van der Waals surface area contributed by atoms with Crippen LogP contribution in [0.1, 0.15) is 12.8 Å². The van der Waals surface area contributed by atoms with E-state index in [0.717, 1.165) is 0 Å². The number of carbonyl (C=O) groups is 2. The Kier molecular flexibility index (Phi) is 2.96. The lowest BCUT2D eigenvalue weighted by Crippen LogP contribution is -2.18. The van der Waals surface area contributed by atoms with Crippen molar-refractivity contribution in [1.29, 1.82) is 0 Å². The Morgan fingerprint density at radius 1 is 1.12 bits per heavy atom. The molecule has 8 heavy (non-hydrogen) atoms. The molecule has 1 aliphatic heterocycles. The van der Waals surface area contributed by atoms with Crippen molar-refractivity contribution in [3.05, 3.63) is 0 Å². The van der Waals surface area contributed by atoms with Crippen LogP contribution in [0.4, 0.5) is 0 Å². The van der Waals surface area contributed by atoms with E-state index in [2.05, 4.69) is 5.32 Å². The van der Waals surface area contributed by atoms with E-state index in [1.807, 2.05) is 0 Å². The number of amides is 2. The highest BCUT2D eigenvalue weighted by Crippen LogP contribution is 1.95. The van der Waals surface area contributed by atoms with Gasteiger partial charge in [-0.05, 0) is 0 Å². The molecule has 0 aromatic heterocycles. The summed E-state index contributed by atoms with van der Waals surface area (Å²) in [6, 6.07) is 0. The smallest absolute Gasteiger partial charge is 0.227 e. The van der Waals surface area contributed by atoms with Gasteiger partial charge in [-0.15, -0.1) is 24.0 Å². The Labute approximate surface area is 63.8 Å². The maximum absolute atomic E-state index is 10.1. The van der Waals surface area contributed by atoms with E-state index >= 15 is 0 Å². The third kappa shape index (κ3) is 1.77. The topological polar surface area (TPSA) is 46.2 Å². The molecule has 46 valence electrons. The minimum atomic E-state index is -0.148. The van der Waals surface area contributed by atoms with E-state index in [1.165, 1.54) is 0 Å². The molecule has 1 aliphatic rings. The summed E-state index contributed by atoms with van der Waals surface area (Å²) in [6.45, 7) is 0. The first-order valence-corrected chi connectivity index (χ1v) is 2.12. The number of hydrogen-bond acceptors (Lipinski definition) is 2. The molecule has 0 aliphatic carbocycles. The van der Waals surface area contributed by atoms with Crippen molar-refractivity contribution in [2.24, 2.45) is 0 Å². The predicted molar refractivity (Wildman–Crippen MR) is 37.8 cm³/mol. The van der Waals surface area contributed by atoms with Crippen LogP contribution in [-0.2, 0) is 9.59 Å². The van der Waals surface area contributed by atoms with Gasteiger partial charge < -0.3 is 0 Å². The molecule has 0 bridgehead atoms.